The molecule has 0 saturated heterocycles. The molecule has 0 aliphatic carbocycles. The number of nitrogens with zero attached hydrogens (tertiary/aromatic N) is 2. The monoisotopic (exact) mass is 280 g/mol. The maximum absolute atomic E-state index is 10.7. The Bertz CT molecular complexity index is 319. The van der Waals surface area contributed by atoms with Crippen molar-refractivity contribution in [2.24, 2.45) is 0 Å². The van der Waals surface area contributed by atoms with Gasteiger partial charge < -0.3 is 5.11 Å². The van der Waals surface area contributed by atoms with E-state index in [2.05, 4.69) is 5.10 Å². The first-order chi connectivity index (χ1) is 5.57. The van der Waals surface area contributed by atoms with Gasteiger partial charge in [0, 0.05) is 6.54 Å². The second-order valence-corrected chi connectivity index (χ2v) is 3.39. The van der Waals surface area contributed by atoms with Crippen LogP contribution in [0.4, 0.5) is 0 Å². The molecule has 4 nitrogen and oxygen atoms in total. The molecule has 1 aromatic rings. The van der Waals surface area contributed by atoms with Crippen molar-refractivity contribution >= 4 is 28.6 Å². The summed E-state index contributed by atoms with van der Waals surface area (Å²) >= 11 is 2.00. The van der Waals surface area contributed by atoms with Crippen molar-refractivity contribution in [1.29, 1.82) is 0 Å². The summed E-state index contributed by atoms with van der Waals surface area (Å²) < 4.78 is 2.37. The highest BCUT2D eigenvalue weighted by Gasteiger charge is 2.17. The van der Waals surface area contributed by atoms with Crippen molar-refractivity contribution in [1.82, 2.24) is 9.78 Å². The molecule has 0 bridgehead atoms. The molecule has 0 aliphatic rings. The van der Waals surface area contributed by atoms with Crippen LogP contribution in [0.25, 0.3) is 0 Å². The molecular weight excluding hydrogens is 271 g/mol. The predicted molar refractivity (Wildman–Crippen MR) is 52.3 cm³/mol. The SMILES string of the molecule is CCn1nc(C)c(C(=O)O)c1I. The summed E-state index contributed by atoms with van der Waals surface area (Å²) in [5.74, 6) is -0.906. The maximum atomic E-state index is 10.7. The molecule has 0 saturated carbocycles. The number of halogens is 1. The first-order valence-electron chi connectivity index (χ1n) is 3.54. The Labute approximate surface area is 83.7 Å². The molecule has 0 amide bonds. The molecule has 0 atom stereocenters. The minimum Gasteiger partial charge on any atom is -0.478 e. The standard InChI is InChI=1S/C7H9IN2O2/c1-3-10-6(8)5(7(11)12)4(2)9-10/h3H2,1-2H3,(H,11,12). The van der Waals surface area contributed by atoms with E-state index in [1.165, 1.54) is 0 Å². The number of hydrogen-bond donors (Lipinski definition) is 1. The van der Waals surface area contributed by atoms with Gasteiger partial charge in [-0.25, -0.2) is 4.79 Å². The molecule has 1 heterocycles. The van der Waals surface area contributed by atoms with E-state index in [1.807, 2.05) is 29.5 Å². The fourth-order valence-electron chi connectivity index (χ4n) is 1.01. The zero-order valence-corrected chi connectivity index (χ0v) is 8.99. The van der Waals surface area contributed by atoms with Crippen LogP contribution >= 0.6 is 22.6 Å². The largest absolute Gasteiger partial charge is 0.478 e. The average molecular weight is 280 g/mol. The van der Waals surface area contributed by atoms with E-state index in [-0.39, 0.29) is 0 Å². The van der Waals surface area contributed by atoms with E-state index in [1.54, 1.807) is 11.6 Å². The Morgan fingerprint density at radius 3 is 2.58 bits per heavy atom. The molecule has 0 spiro atoms. The van der Waals surface area contributed by atoms with Gasteiger partial charge in [0.1, 0.15) is 9.26 Å². The third-order valence-corrected chi connectivity index (χ3v) is 2.68. The number of aromatic nitrogens is 2. The Morgan fingerprint density at radius 1 is 1.75 bits per heavy atom. The zero-order valence-electron chi connectivity index (χ0n) is 6.83. The maximum Gasteiger partial charge on any atom is 0.340 e. The number of rotatable bonds is 2. The summed E-state index contributed by atoms with van der Waals surface area (Å²) in [5, 5.41) is 12.9. The van der Waals surface area contributed by atoms with Crippen molar-refractivity contribution in [2.75, 3.05) is 0 Å². The number of aromatic carboxylic acids is 1. The van der Waals surface area contributed by atoms with E-state index in [0.29, 0.717) is 21.5 Å². The average Bonchev–Trinajstić information content (AvgIpc) is 2.25. The number of carboxylic acids is 1. The molecule has 66 valence electrons. The highest BCUT2D eigenvalue weighted by atomic mass is 127. The van der Waals surface area contributed by atoms with Crippen LogP contribution in [0.15, 0.2) is 0 Å². The lowest BCUT2D eigenvalue weighted by Crippen LogP contribution is -2.02. The van der Waals surface area contributed by atoms with Gasteiger partial charge in [-0.1, -0.05) is 0 Å². The first kappa shape index (κ1) is 9.50. The Kier molecular flexibility index (Phi) is 2.71. The molecule has 0 radical (unpaired) electrons. The van der Waals surface area contributed by atoms with E-state index in [4.69, 9.17) is 5.11 Å². The molecule has 0 aromatic carbocycles. The summed E-state index contributed by atoms with van der Waals surface area (Å²) in [6, 6.07) is 0. The lowest BCUT2D eigenvalue weighted by molar-refractivity contribution is 0.0695. The van der Waals surface area contributed by atoms with Gasteiger partial charge in [0.05, 0.1) is 5.69 Å². The van der Waals surface area contributed by atoms with Crippen molar-refractivity contribution in [3.8, 4) is 0 Å². The van der Waals surface area contributed by atoms with Gasteiger partial charge in [-0.05, 0) is 36.4 Å². The highest BCUT2D eigenvalue weighted by Crippen LogP contribution is 2.15. The molecule has 0 unspecified atom stereocenters. The molecule has 1 aromatic heterocycles. The van der Waals surface area contributed by atoms with Crippen LogP contribution in [0, 0.1) is 10.6 Å². The fraction of sp³-hybridized carbons (Fsp3) is 0.429. The normalized spacial score (nSPS) is 10.2. The van der Waals surface area contributed by atoms with Crippen LogP contribution in [0.1, 0.15) is 23.0 Å². The van der Waals surface area contributed by atoms with Crippen molar-refractivity contribution in [3.63, 3.8) is 0 Å². The molecule has 0 aliphatic heterocycles. The molecule has 5 heteroatoms. The molecule has 1 N–H and O–H groups in total. The summed E-state index contributed by atoms with van der Waals surface area (Å²) in [4.78, 5) is 10.7. The minimum absolute atomic E-state index is 0.317. The number of hydrogen-bond acceptors (Lipinski definition) is 2. The lowest BCUT2D eigenvalue weighted by Gasteiger charge is -1.95. The number of carbonyl (C=O) groups is 1. The number of carboxylic acid groups (broad SMARTS) is 1. The Hall–Kier alpha value is -0.590. The van der Waals surface area contributed by atoms with E-state index in [0.717, 1.165) is 0 Å². The quantitative estimate of drug-likeness (QED) is 0.835. The molecule has 12 heavy (non-hydrogen) atoms. The smallest absolute Gasteiger partial charge is 0.340 e. The molecule has 0 fully saturated rings. The third-order valence-electron chi connectivity index (χ3n) is 1.58. The van der Waals surface area contributed by atoms with Gasteiger partial charge in [0.15, 0.2) is 0 Å². The van der Waals surface area contributed by atoms with Crippen LogP contribution in [0.2, 0.25) is 0 Å². The second-order valence-electron chi connectivity index (χ2n) is 2.37. The van der Waals surface area contributed by atoms with Crippen LogP contribution in [0.3, 0.4) is 0 Å². The van der Waals surface area contributed by atoms with Gasteiger partial charge in [0.25, 0.3) is 0 Å². The van der Waals surface area contributed by atoms with Crippen LogP contribution in [0.5, 0.6) is 0 Å². The third kappa shape index (κ3) is 1.45. The van der Waals surface area contributed by atoms with Gasteiger partial charge in [-0.2, -0.15) is 5.10 Å². The highest BCUT2D eigenvalue weighted by molar-refractivity contribution is 14.1. The van der Waals surface area contributed by atoms with Crippen molar-refractivity contribution < 1.29 is 9.90 Å². The lowest BCUT2D eigenvalue weighted by atomic mass is 10.3. The summed E-state index contributed by atoms with van der Waals surface area (Å²) in [7, 11) is 0. The Balaban J connectivity index is 3.28. The number of aryl methyl sites for hydroxylation is 2. The van der Waals surface area contributed by atoms with Gasteiger partial charge >= 0.3 is 5.97 Å². The van der Waals surface area contributed by atoms with Gasteiger partial charge in [-0.3, -0.25) is 4.68 Å². The van der Waals surface area contributed by atoms with Crippen molar-refractivity contribution in [2.45, 2.75) is 20.4 Å². The fourth-order valence-corrected chi connectivity index (χ4v) is 2.08. The topological polar surface area (TPSA) is 55.1 Å². The first-order valence-corrected chi connectivity index (χ1v) is 4.62. The summed E-state index contributed by atoms with van der Waals surface area (Å²) in [5.41, 5.74) is 0.895. The van der Waals surface area contributed by atoms with Crippen LogP contribution in [-0.4, -0.2) is 20.9 Å². The summed E-state index contributed by atoms with van der Waals surface area (Å²) in [6.45, 7) is 4.34. The zero-order chi connectivity index (χ0) is 9.30. The van der Waals surface area contributed by atoms with Crippen molar-refractivity contribution in [3.05, 3.63) is 15.0 Å². The predicted octanol–water partition coefficient (Wildman–Crippen LogP) is 1.51. The van der Waals surface area contributed by atoms with E-state index >= 15 is 0 Å². The molecule has 1 rings (SSSR count). The summed E-state index contributed by atoms with van der Waals surface area (Å²) in [6.07, 6.45) is 0. The van der Waals surface area contributed by atoms with Gasteiger partial charge in [-0.15, -0.1) is 0 Å². The second kappa shape index (κ2) is 3.42. The minimum atomic E-state index is -0.906. The van der Waals surface area contributed by atoms with E-state index in [9.17, 15) is 4.79 Å². The van der Waals surface area contributed by atoms with E-state index < -0.39 is 5.97 Å². The Morgan fingerprint density at radius 2 is 2.33 bits per heavy atom. The van der Waals surface area contributed by atoms with Gasteiger partial charge in [0.2, 0.25) is 0 Å². The van der Waals surface area contributed by atoms with Crippen LogP contribution in [-0.2, 0) is 6.54 Å². The van der Waals surface area contributed by atoms with Crippen LogP contribution < -0.4 is 0 Å². The molecular formula is C7H9IN2O2.